The van der Waals surface area contributed by atoms with Crippen LogP contribution in [-0.2, 0) is 25.7 Å². The Morgan fingerprint density at radius 3 is 2.62 bits per heavy atom. The molecule has 1 N–H and O–H groups in total. The van der Waals surface area contributed by atoms with Crippen LogP contribution in [0.5, 0.6) is 5.75 Å². The number of β-lactam (4-membered cyclic amide) rings is 1. The third-order valence-electron chi connectivity index (χ3n) is 4.79. The number of rotatable bonds is 8. The van der Waals surface area contributed by atoms with Gasteiger partial charge in [-0.3, -0.25) is 15.0 Å². The highest BCUT2D eigenvalue weighted by atomic mass is 35.5. The van der Waals surface area contributed by atoms with Crippen LogP contribution in [0, 0.1) is 0 Å². The van der Waals surface area contributed by atoms with E-state index in [-0.39, 0.29) is 35.6 Å². The van der Waals surface area contributed by atoms with Crippen LogP contribution in [0.2, 0.25) is 0 Å². The first-order chi connectivity index (χ1) is 13.9. The fourth-order valence-corrected chi connectivity index (χ4v) is 5.18. The van der Waals surface area contributed by atoms with Crippen LogP contribution in [0.4, 0.5) is 0 Å². The number of nitrogens with zero attached hydrogens (tertiary/aromatic N) is 1. The molecule has 1 fully saturated rings. The van der Waals surface area contributed by atoms with E-state index in [0.717, 1.165) is 11.3 Å². The van der Waals surface area contributed by atoms with Gasteiger partial charge in [0.1, 0.15) is 23.4 Å². The molecule has 0 saturated carbocycles. The maximum absolute atomic E-state index is 13.0. The molecule has 1 saturated heterocycles. The maximum atomic E-state index is 13.0. The van der Waals surface area contributed by atoms with E-state index in [4.69, 9.17) is 25.8 Å². The number of benzene rings is 1. The Hall–Kier alpha value is -1.74. The van der Waals surface area contributed by atoms with E-state index < -0.39 is 11.7 Å². The van der Waals surface area contributed by atoms with E-state index in [1.165, 1.54) is 16.7 Å². The highest BCUT2D eigenvalue weighted by Gasteiger charge is 2.65. The first-order valence-corrected chi connectivity index (χ1v) is 10.9. The molecule has 1 amide bonds. The predicted octanol–water partition coefficient (Wildman–Crippen LogP) is 2.49. The first-order valence-electron chi connectivity index (χ1n) is 9.28. The van der Waals surface area contributed by atoms with Crippen LogP contribution in [0.3, 0.4) is 0 Å². The Bertz CT molecular complexity index is 814. The molecule has 2 aliphatic rings. The standard InChI is InChI=1S/C20H25ClN2O5S/c1-12(2)28-20(22-3)18(25)23-16(14(9-21)11-29-19(20)23)17(24)27-10-13-5-7-15(26-4)8-6-13/h5-8,12,19,22H,9-11H2,1-4H3/t19-,20+/m1/s1. The zero-order valence-corrected chi connectivity index (χ0v) is 18.4. The van der Waals surface area contributed by atoms with Gasteiger partial charge in [0.15, 0.2) is 0 Å². The molecule has 0 unspecified atom stereocenters. The number of likely N-dealkylation sites (N-methyl/N-ethyl adjacent to an activating group) is 1. The van der Waals surface area contributed by atoms with Gasteiger partial charge in [0.05, 0.1) is 13.2 Å². The summed E-state index contributed by atoms with van der Waals surface area (Å²) in [6, 6.07) is 7.23. The lowest BCUT2D eigenvalue weighted by molar-refractivity contribution is -0.204. The quantitative estimate of drug-likeness (QED) is 0.288. The van der Waals surface area contributed by atoms with Gasteiger partial charge in [-0.2, -0.15) is 0 Å². The summed E-state index contributed by atoms with van der Waals surface area (Å²) in [7, 11) is 3.27. The van der Waals surface area contributed by atoms with E-state index in [0.29, 0.717) is 11.3 Å². The number of hydrogen-bond acceptors (Lipinski definition) is 7. The summed E-state index contributed by atoms with van der Waals surface area (Å²) in [6.07, 6.45) is -0.155. The number of carbonyl (C=O) groups is 2. The Labute approximate surface area is 179 Å². The summed E-state index contributed by atoms with van der Waals surface area (Å²) >= 11 is 7.58. The molecule has 3 rings (SSSR count). The van der Waals surface area contributed by atoms with Gasteiger partial charge < -0.3 is 14.2 Å². The number of alkyl halides is 1. The van der Waals surface area contributed by atoms with Gasteiger partial charge in [-0.25, -0.2) is 4.79 Å². The van der Waals surface area contributed by atoms with Gasteiger partial charge in [-0.1, -0.05) is 12.1 Å². The van der Waals surface area contributed by atoms with Crippen molar-refractivity contribution >= 4 is 35.2 Å². The molecule has 2 atom stereocenters. The van der Waals surface area contributed by atoms with Crippen molar-refractivity contribution in [1.29, 1.82) is 0 Å². The van der Waals surface area contributed by atoms with Crippen molar-refractivity contribution in [3.63, 3.8) is 0 Å². The number of ether oxygens (including phenoxy) is 3. The van der Waals surface area contributed by atoms with E-state index in [1.807, 2.05) is 26.0 Å². The summed E-state index contributed by atoms with van der Waals surface area (Å²) in [5, 5.41) is 2.64. The SMILES string of the molecule is CN[C@]1(OC(C)C)C(=O)N2C(C(=O)OCc3ccc(OC)cc3)=C(CCl)CS[C@@H]21. The number of methoxy groups -OCH3 is 1. The van der Waals surface area contributed by atoms with Gasteiger partial charge in [-0.05, 0) is 44.2 Å². The lowest BCUT2D eigenvalue weighted by atomic mass is 9.98. The minimum Gasteiger partial charge on any atom is -0.497 e. The topological polar surface area (TPSA) is 77.1 Å². The number of hydrogen-bond donors (Lipinski definition) is 1. The Morgan fingerprint density at radius 1 is 1.38 bits per heavy atom. The highest BCUT2D eigenvalue weighted by Crippen LogP contribution is 2.47. The molecule has 0 spiro atoms. The number of nitrogens with one attached hydrogen (secondary N) is 1. The van der Waals surface area contributed by atoms with Crippen LogP contribution in [0.1, 0.15) is 19.4 Å². The molecule has 158 valence electrons. The molecular formula is C20H25ClN2O5S. The number of thioether (sulfide) groups is 1. The lowest BCUT2D eigenvalue weighted by Gasteiger charge is -2.56. The zero-order chi connectivity index (χ0) is 21.2. The normalized spacial score (nSPS) is 23.7. The van der Waals surface area contributed by atoms with Crippen LogP contribution < -0.4 is 10.1 Å². The summed E-state index contributed by atoms with van der Waals surface area (Å²) in [5.74, 6) is 0.512. The van der Waals surface area contributed by atoms with Crippen molar-refractivity contribution in [3.05, 3.63) is 41.1 Å². The second-order valence-corrected chi connectivity index (χ2v) is 8.34. The summed E-state index contributed by atoms with van der Waals surface area (Å²) in [4.78, 5) is 27.4. The van der Waals surface area contributed by atoms with Gasteiger partial charge in [0.2, 0.25) is 5.72 Å². The minimum atomic E-state index is -1.15. The molecule has 1 aromatic carbocycles. The van der Waals surface area contributed by atoms with Crippen molar-refractivity contribution in [2.24, 2.45) is 0 Å². The smallest absolute Gasteiger partial charge is 0.355 e. The number of carbonyl (C=O) groups excluding carboxylic acids is 2. The van der Waals surface area contributed by atoms with Gasteiger partial charge >= 0.3 is 5.97 Å². The maximum Gasteiger partial charge on any atom is 0.355 e. The van der Waals surface area contributed by atoms with Gasteiger partial charge in [-0.15, -0.1) is 23.4 Å². The third-order valence-corrected chi connectivity index (χ3v) is 6.48. The lowest BCUT2D eigenvalue weighted by Crippen LogP contribution is -2.80. The van der Waals surface area contributed by atoms with E-state index in [1.54, 1.807) is 26.3 Å². The van der Waals surface area contributed by atoms with Crippen molar-refractivity contribution in [2.75, 3.05) is 25.8 Å². The van der Waals surface area contributed by atoms with Crippen LogP contribution in [-0.4, -0.2) is 59.8 Å². The molecular weight excluding hydrogens is 416 g/mol. The largest absolute Gasteiger partial charge is 0.497 e. The van der Waals surface area contributed by atoms with Crippen molar-refractivity contribution in [1.82, 2.24) is 10.2 Å². The van der Waals surface area contributed by atoms with E-state index >= 15 is 0 Å². The predicted molar refractivity (Wildman–Crippen MR) is 112 cm³/mol. The van der Waals surface area contributed by atoms with Crippen molar-refractivity contribution < 1.29 is 23.8 Å². The molecule has 0 aliphatic carbocycles. The number of esters is 1. The van der Waals surface area contributed by atoms with Crippen LogP contribution in [0.15, 0.2) is 35.5 Å². The Kier molecular flexibility index (Phi) is 6.78. The van der Waals surface area contributed by atoms with Crippen molar-refractivity contribution in [2.45, 2.75) is 37.7 Å². The number of halogens is 1. The summed E-state index contributed by atoms with van der Waals surface area (Å²) in [5.41, 5.74) is 0.561. The average Bonchev–Trinajstić information content (AvgIpc) is 2.74. The number of amides is 1. The second-order valence-electron chi connectivity index (χ2n) is 7.00. The minimum absolute atomic E-state index is 0.0847. The van der Waals surface area contributed by atoms with Crippen molar-refractivity contribution in [3.8, 4) is 5.75 Å². The fourth-order valence-electron chi connectivity index (χ4n) is 3.39. The van der Waals surface area contributed by atoms with Crippen LogP contribution >= 0.6 is 23.4 Å². The summed E-state index contributed by atoms with van der Waals surface area (Å²) < 4.78 is 16.5. The van der Waals surface area contributed by atoms with Gasteiger partial charge in [0, 0.05) is 11.6 Å². The molecule has 2 heterocycles. The zero-order valence-electron chi connectivity index (χ0n) is 16.9. The van der Waals surface area contributed by atoms with Gasteiger partial charge in [0.25, 0.3) is 5.91 Å². The van der Waals surface area contributed by atoms with Crippen LogP contribution in [0.25, 0.3) is 0 Å². The molecule has 29 heavy (non-hydrogen) atoms. The Balaban J connectivity index is 1.78. The second kappa shape index (κ2) is 8.95. The monoisotopic (exact) mass is 440 g/mol. The molecule has 0 aromatic heterocycles. The molecule has 1 aromatic rings. The molecule has 0 bridgehead atoms. The Morgan fingerprint density at radius 2 is 2.07 bits per heavy atom. The van der Waals surface area contributed by atoms with E-state index in [9.17, 15) is 9.59 Å². The molecule has 2 aliphatic heterocycles. The third kappa shape index (κ3) is 3.99. The average molecular weight is 441 g/mol. The molecule has 0 radical (unpaired) electrons. The first kappa shape index (κ1) is 22.0. The summed E-state index contributed by atoms with van der Waals surface area (Å²) in [6.45, 7) is 3.82. The highest BCUT2D eigenvalue weighted by molar-refractivity contribution is 8.00. The number of fused-ring (bicyclic) bond motifs is 1. The molecule has 7 nitrogen and oxygen atoms in total. The fraction of sp³-hybridized carbons (Fsp3) is 0.500. The molecule has 9 heteroatoms. The van der Waals surface area contributed by atoms with E-state index in [2.05, 4.69) is 5.32 Å².